The monoisotopic (exact) mass is 257 g/mol. The molecule has 0 saturated carbocycles. The topological polar surface area (TPSA) is 21.7 Å². The van der Waals surface area contributed by atoms with E-state index in [-0.39, 0.29) is 0 Å². The second kappa shape index (κ2) is 5.59. The molecule has 3 rings (SSSR count). The van der Waals surface area contributed by atoms with Crippen LogP contribution in [0.4, 0.5) is 0 Å². The molecule has 0 radical (unpaired) electrons. The third kappa shape index (κ3) is 2.57. The van der Waals surface area contributed by atoms with E-state index in [1.165, 1.54) is 16.3 Å². The Bertz CT molecular complexity index is 562. The largest absolute Gasteiger partial charge is 0.496 e. The van der Waals surface area contributed by atoms with Gasteiger partial charge in [0.25, 0.3) is 0 Å². The minimum Gasteiger partial charge on any atom is -0.496 e. The molecule has 19 heavy (non-hydrogen) atoms. The van der Waals surface area contributed by atoms with Crippen molar-refractivity contribution in [2.75, 3.05) is 33.4 Å². The standard InChI is InChI=1S/C16H19NO2/c1-18-16-7-6-13(12-17-8-10-19-11-9-17)14-4-2-3-5-15(14)16/h2-7H,8-12H2,1H3. The second-order valence-electron chi connectivity index (χ2n) is 4.86. The maximum Gasteiger partial charge on any atom is 0.126 e. The highest BCUT2D eigenvalue weighted by atomic mass is 16.5. The van der Waals surface area contributed by atoms with Crippen LogP contribution in [0.5, 0.6) is 5.75 Å². The van der Waals surface area contributed by atoms with Crippen LogP contribution in [-0.2, 0) is 11.3 Å². The molecule has 1 saturated heterocycles. The molecular weight excluding hydrogens is 238 g/mol. The molecule has 0 N–H and O–H groups in total. The fourth-order valence-electron chi connectivity index (χ4n) is 2.65. The summed E-state index contributed by atoms with van der Waals surface area (Å²) in [5.41, 5.74) is 1.36. The molecule has 3 heteroatoms. The van der Waals surface area contributed by atoms with Gasteiger partial charge in [0.1, 0.15) is 5.75 Å². The van der Waals surface area contributed by atoms with Crippen molar-refractivity contribution < 1.29 is 9.47 Å². The lowest BCUT2D eigenvalue weighted by Crippen LogP contribution is -2.35. The van der Waals surface area contributed by atoms with Gasteiger partial charge in [0, 0.05) is 25.0 Å². The predicted molar refractivity (Wildman–Crippen MR) is 76.6 cm³/mol. The average molecular weight is 257 g/mol. The first-order valence-corrected chi connectivity index (χ1v) is 6.73. The lowest BCUT2D eigenvalue weighted by atomic mass is 10.0. The van der Waals surface area contributed by atoms with Crippen molar-refractivity contribution in [2.45, 2.75) is 6.54 Å². The van der Waals surface area contributed by atoms with E-state index in [0.29, 0.717) is 0 Å². The van der Waals surface area contributed by atoms with Gasteiger partial charge in [-0.25, -0.2) is 0 Å². The van der Waals surface area contributed by atoms with Gasteiger partial charge in [0.05, 0.1) is 20.3 Å². The number of morpholine rings is 1. The van der Waals surface area contributed by atoms with Crippen LogP contribution in [0.25, 0.3) is 10.8 Å². The Morgan fingerprint density at radius 3 is 2.53 bits per heavy atom. The van der Waals surface area contributed by atoms with Crippen LogP contribution in [0.15, 0.2) is 36.4 Å². The van der Waals surface area contributed by atoms with Gasteiger partial charge < -0.3 is 9.47 Å². The fraction of sp³-hybridized carbons (Fsp3) is 0.375. The van der Waals surface area contributed by atoms with Crippen LogP contribution in [0.3, 0.4) is 0 Å². The molecule has 1 heterocycles. The molecule has 0 bridgehead atoms. The zero-order valence-electron chi connectivity index (χ0n) is 11.3. The Kier molecular flexibility index (Phi) is 3.67. The third-order valence-corrected chi connectivity index (χ3v) is 3.69. The maximum absolute atomic E-state index is 5.44. The van der Waals surface area contributed by atoms with Crippen LogP contribution >= 0.6 is 0 Å². The minimum absolute atomic E-state index is 0.841. The molecule has 0 aliphatic carbocycles. The van der Waals surface area contributed by atoms with Crippen molar-refractivity contribution in [3.63, 3.8) is 0 Å². The minimum atomic E-state index is 0.841. The SMILES string of the molecule is COc1ccc(CN2CCOCC2)c2ccccc12. The first-order chi connectivity index (χ1) is 9.38. The smallest absolute Gasteiger partial charge is 0.126 e. The van der Waals surface area contributed by atoms with Crippen molar-refractivity contribution in [1.82, 2.24) is 4.90 Å². The van der Waals surface area contributed by atoms with Gasteiger partial charge in [-0.1, -0.05) is 30.3 Å². The molecule has 3 nitrogen and oxygen atoms in total. The lowest BCUT2D eigenvalue weighted by Gasteiger charge is -2.27. The summed E-state index contributed by atoms with van der Waals surface area (Å²) in [5, 5.41) is 2.48. The summed E-state index contributed by atoms with van der Waals surface area (Å²) in [5.74, 6) is 0.946. The van der Waals surface area contributed by atoms with Crippen molar-refractivity contribution >= 4 is 10.8 Å². The highest BCUT2D eigenvalue weighted by molar-refractivity contribution is 5.91. The molecule has 2 aromatic carbocycles. The number of fused-ring (bicyclic) bond motifs is 1. The maximum atomic E-state index is 5.44. The molecular formula is C16H19NO2. The van der Waals surface area contributed by atoms with Crippen LogP contribution in [0, 0.1) is 0 Å². The van der Waals surface area contributed by atoms with E-state index in [0.717, 1.165) is 38.6 Å². The molecule has 1 aliphatic heterocycles. The second-order valence-corrected chi connectivity index (χ2v) is 4.86. The zero-order valence-corrected chi connectivity index (χ0v) is 11.3. The van der Waals surface area contributed by atoms with Gasteiger partial charge in [-0.15, -0.1) is 0 Å². The average Bonchev–Trinajstić information content (AvgIpc) is 2.49. The van der Waals surface area contributed by atoms with E-state index in [4.69, 9.17) is 9.47 Å². The van der Waals surface area contributed by atoms with Gasteiger partial charge >= 0.3 is 0 Å². The first kappa shape index (κ1) is 12.5. The number of rotatable bonds is 3. The van der Waals surface area contributed by atoms with Crippen LogP contribution < -0.4 is 4.74 Å². The van der Waals surface area contributed by atoms with Crippen molar-refractivity contribution in [3.8, 4) is 5.75 Å². The number of methoxy groups -OCH3 is 1. The molecule has 1 aliphatic rings. The van der Waals surface area contributed by atoms with Crippen LogP contribution in [0.2, 0.25) is 0 Å². The summed E-state index contributed by atoms with van der Waals surface area (Å²) in [7, 11) is 1.73. The Morgan fingerprint density at radius 2 is 1.79 bits per heavy atom. The summed E-state index contributed by atoms with van der Waals surface area (Å²) in [6.07, 6.45) is 0. The first-order valence-electron chi connectivity index (χ1n) is 6.73. The van der Waals surface area contributed by atoms with E-state index in [2.05, 4.69) is 41.3 Å². The van der Waals surface area contributed by atoms with Crippen LogP contribution in [0.1, 0.15) is 5.56 Å². The molecule has 2 aromatic rings. The Balaban J connectivity index is 1.94. The normalized spacial score (nSPS) is 16.7. The number of hydrogen-bond acceptors (Lipinski definition) is 3. The van der Waals surface area contributed by atoms with E-state index in [1.54, 1.807) is 7.11 Å². The third-order valence-electron chi connectivity index (χ3n) is 3.69. The van der Waals surface area contributed by atoms with Gasteiger partial charge in [-0.3, -0.25) is 4.90 Å². The summed E-state index contributed by atoms with van der Waals surface area (Å²) in [6.45, 7) is 4.69. The van der Waals surface area contributed by atoms with Gasteiger partial charge in [0.2, 0.25) is 0 Å². The zero-order chi connectivity index (χ0) is 13.1. The lowest BCUT2D eigenvalue weighted by molar-refractivity contribution is 0.0343. The molecule has 0 aromatic heterocycles. The molecule has 0 amide bonds. The van der Waals surface area contributed by atoms with Crippen molar-refractivity contribution in [2.24, 2.45) is 0 Å². The Hall–Kier alpha value is -1.58. The molecule has 100 valence electrons. The number of hydrogen-bond donors (Lipinski definition) is 0. The van der Waals surface area contributed by atoms with E-state index in [1.807, 2.05) is 0 Å². The fourth-order valence-corrected chi connectivity index (χ4v) is 2.65. The summed E-state index contributed by atoms with van der Waals surface area (Å²) >= 11 is 0. The summed E-state index contributed by atoms with van der Waals surface area (Å²) in [6, 6.07) is 12.7. The van der Waals surface area contributed by atoms with E-state index < -0.39 is 0 Å². The quantitative estimate of drug-likeness (QED) is 0.844. The summed E-state index contributed by atoms with van der Waals surface area (Å²) < 4.78 is 10.8. The number of ether oxygens (including phenoxy) is 2. The summed E-state index contributed by atoms with van der Waals surface area (Å²) in [4.78, 5) is 2.44. The Labute approximate surface area is 113 Å². The highest BCUT2D eigenvalue weighted by Crippen LogP contribution is 2.29. The Morgan fingerprint density at radius 1 is 1.05 bits per heavy atom. The number of benzene rings is 2. The molecule has 0 atom stereocenters. The van der Waals surface area contributed by atoms with Gasteiger partial charge in [-0.05, 0) is 17.0 Å². The highest BCUT2D eigenvalue weighted by Gasteiger charge is 2.13. The number of nitrogens with zero attached hydrogens (tertiary/aromatic N) is 1. The van der Waals surface area contributed by atoms with Gasteiger partial charge in [0.15, 0.2) is 0 Å². The van der Waals surface area contributed by atoms with E-state index in [9.17, 15) is 0 Å². The predicted octanol–water partition coefficient (Wildman–Crippen LogP) is 2.68. The van der Waals surface area contributed by atoms with Crippen molar-refractivity contribution in [1.29, 1.82) is 0 Å². The van der Waals surface area contributed by atoms with Crippen LogP contribution in [-0.4, -0.2) is 38.3 Å². The molecule has 0 spiro atoms. The van der Waals surface area contributed by atoms with E-state index >= 15 is 0 Å². The van der Waals surface area contributed by atoms with Crippen molar-refractivity contribution in [3.05, 3.63) is 42.0 Å². The van der Waals surface area contributed by atoms with Gasteiger partial charge in [-0.2, -0.15) is 0 Å². The molecule has 0 unspecified atom stereocenters. The molecule has 1 fully saturated rings.